The zero-order valence-corrected chi connectivity index (χ0v) is 20.3. The number of carbonyl (C=O) groups excluding carboxylic acids is 1. The van der Waals surface area contributed by atoms with Crippen molar-refractivity contribution in [2.45, 2.75) is 33.4 Å². The molecule has 1 aliphatic rings. The molecular formula is C29H27NO6. The van der Waals surface area contributed by atoms with E-state index in [4.69, 9.17) is 18.6 Å². The van der Waals surface area contributed by atoms with Crippen molar-refractivity contribution in [3.8, 4) is 17.2 Å². The van der Waals surface area contributed by atoms with Crippen molar-refractivity contribution < 1.29 is 23.4 Å². The molecule has 5 rings (SSSR count). The van der Waals surface area contributed by atoms with Crippen molar-refractivity contribution in [2.24, 2.45) is 0 Å². The highest BCUT2D eigenvalue weighted by Gasteiger charge is 2.23. The van der Waals surface area contributed by atoms with E-state index in [9.17, 15) is 9.59 Å². The number of hydrogen-bond donors (Lipinski definition) is 0. The number of rotatable bonds is 7. The SMILES string of the molecule is CCCOC(=O)c1ccc(Oc2coc3c4c(ccc3c2=O)OCN(Cc2ccc(C)cc2)C4)cc1. The Morgan fingerprint density at radius 2 is 1.81 bits per heavy atom. The average molecular weight is 486 g/mol. The van der Waals surface area contributed by atoms with Crippen molar-refractivity contribution in [3.05, 3.63) is 99.4 Å². The molecule has 7 nitrogen and oxygen atoms in total. The van der Waals surface area contributed by atoms with Crippen LogP contribution in [0.25, 0.3) is 11.0 Å². The summed E-state index contributed by atoms with van der Waals surface area (Å²) >= 11 is 0. The Hall–Kier alpha value is -4.10. The van der Waals surface area contributed by atoms with Crippen molar-refractivity contribution in [3.63, 3.8) is 0 Å². The first kappa shape index (κ1) is 23.6. The summed E-state index contributed by atoms with van der Waals surface area (Å²) < 4.78 is 22.8. The fraction of sp³-hybridized carbons (Fsp3) is 0.241. The maximum Gasteiger partial charge on any atom is 0.338 e. The van der Waals surface area contributed by atoms with Crippen LogP contribution in [0.5, 0.6) is 17.2 Å². The Kier molecular flexibility index (Phi) is 6.73. The number of aryl methyl sites for hydroxylation is 1. The predicted octanol–water partition coefficient (Wildman–Crippen LogP) is 5.81. The fourth-order valence-corrected chi connectivity index (χ4v) is 4.12. The van der Waals surface area contributed by atoms with Crippen LogP contribution in [0.4, 0.5) is 0 Å². The molecule has 184 valence electrons. The van der Waals surface area contributed by atoms with Crippen molar-refractivity contribution in [1.82, 2.24) is 4.90 Å². The van der Waals surface area contributed by atoms with Crippen LogP contribution < -0.4 is 14.9 Å². The molecule has 0 radical (unpaired) electrons. The molecule has 0 amide bonds. The van der Waals surface area contributed by atoms with Crippen LogP contribution in [0.3, 0.4) is 0 Å². The normalized spacial score (nSPS) is 13.2. The zero-order chi connectivity index (χ0) is 25.1. The molecule has 0 bridgehead atoms. The molecule has 4 aromatic rings. The second kappa shape index (κ2) is 10.3. The molecule has 7 heteroatoms. The van der Waals surface area contributed by atoms with Crippen LogP contribution in [0.15, 0.2) is 76.1 Å². The van der Waals surface area contributed by atoms with Crippen LogP contribution in [0, 0.1) is 6.92 Å². The van der Waals surface area contributed by atoms with Crippen LogP contribution >= 0.6 is 0 Å². The first-order chi connectivity index (χ1) is 17.5. The smallest absolute Gasteiger partial charge is 0.338 e. The van der Waals surface area contributed by atoms with Crippen molar-refractivity contribution in [1.29, 1.82) is 0 Å². The van der Waals surface area contributed by atoms with Crippen LogP contribution in [0.1, 0.15) is 40.4 Å². The summed E-state index contributed by atoms with van der Waals surface area (Å²) in [5.74, 6) is 0.804. The highest BCUT2D eigenvalue weighted by atomic mass is 16.5. The summed E-state index contributed by atoms with van der Waals surface area (Å²) in [6, 6.07) is 18.4. The van der Waals surface area contributed by atoms with Gasteiger partial charge in [0.2, 0.25) is 11.2 Å². The molecule has 0 spiro atoms. The Balaban J connectivity index is 1.36. The van der Waals surface area contributed by atoms with Crippen LogP contribution in [0.2, 0.25) is 0 Å². The fourth-order valence-electron chi connectivity index (χ4n) is 4.12. The standard InChI is InChI=1S/C29H27NO6/c1-3-14-33-29(32)21-8-10-22(11-9-21)36-26-17-34-28-23(27(26)31)12-13-25-24(28)16-30(18-35-25)15-20-6-4-19(2)5-7-20/h4-13,17H,3,14-16,18H2,1-2H3. The molecule has 3 aromatic carbocycles. The highest BCUT2D eigenvalue weighted by molar-refractivity contribution is 5.89. The van der Waals surface area contributed by atoms with Crippen LogP contribution in [-0.4, -0.2) is 24.2 Å². The molecule has 1 aromatic heterocycles. The molecule has 0 atom stereocenters. The molecule has 0 N–H and O–H groups in total. The second-order valence-corrected chi connectivity index (χ2v) is 8.86. The zero-order valence-electron chi connectivity index (χ0n) is 20.3. The summed E-state index contributed by atoms with van der Waals surface area (Å²) in [7, 11) is 0. The van der Waals surface area contributed by atoms with E-state index in [2.05, 4.69) is 36.1 Å². The lowest BCUT2D eigenvalue weighted by Crippen LogP contribution is -2.31. The quantitative estimate of drug-likeness (QED) is 0.306. The molecule has 0 fully saturated rings. The third-order valence-electron chi connectivity index (χ3n) is 6.04. The number of esters is 1. The number of benzene rings is 3. The van der Waals surface area contributed by atoms with Gasteiger partial charge in [-0.2, -0.15) is 0 Å². The average Bonchev–Trinajstić information content (AvgIpc) is 2.90. The van der Waals surface area contributed by atoms with E-state index in [0.29, 0.717) is 47.9 Å². The largest absolute Gasteiger partial charge is 0.478 e. The minimum Gasteiger partial charge on any atom is -0.478 e. The Bertz CT molecular complexity index is 1440. The minimum atomic E-state index is -0.392. The third kappa shape index (κ3) is 4.97. The number of carbonyl (C=O) groups is 1. The highest BCUT2D eigenvalue weighted by Crippen LogP contribution is 2.33. The molecule has 0 saturated carbocycles. The maximum absolute atomic E-state index is 13.2. The van der Waals surface area contributed by atoms with E-state index < -0.39 is 5.97 Å². The molecule has 2 heterocycles. The summed E-state index contributed by atoms with van der Waals surface area (Å²) in [5.41, 5.74) is 3.88. The van der Waals surface area contributed by atoms with Gasteiger partial charge in [0.05, 0.1) is 23.1 Å². The van der Waals surface area contributed by atoms with Gasteiger partial charge < -0.3 is 18.6 Å². The summed E-state index contributed by atoms with van der Waals surface area (Å²) in [4.78, 5) is 27.3. The Morgan fingerprint density at radius 3 is 2.56 bits per heavy atom. The van der Waals surface area contributed by atoms with Crippen molar-refractivity contribution in [2.75, 3.05) is 13.3 Å². The summed E-state index contributed by atoms with van der Waals surface area (Å²) in [6.07, 6.45) is 2.08. The van der Waals surface area contributed by atoms with E-state index >= 15 is 0 Å². The molecule has 1 aliphatic heterocycles. The molecule has 0 aliphatic carbocycles. The number of nitrogens with zero attached hydrogens (tertiary/aromatic N) is 1. The second-order valence-electron chi connectivity index (χ2n) is 8.86. The monoisotopic (exact) mass is 485 g/mol. The molecule has 0 unspecified atom stereocenters. The van der Waals surface area contributed by atoms with Gasteiger partial charge in [-0.25, -0.2) is 4.79 Å². The molecule has 36 heavy (non-hydrogen) atoms. The maximum atomic E-state index is 13.2. The van der Waals surface area contributed by atoms with Crippen LogP contribution in [-0.2, 0) is 17.8 Å². The van der Waals surface area contributed by atoms with Crippen molar-refractivity contribution >= 4 is 16.9 Å². The van der Waals surface area contributed by atoms with E-state index in [0.717, 1.165) is 18.5 Å². The topological polar surface area (TPSA) is 78.2 Å². The van der Waals surface area contributed by atoms with Gasteiger partial charge in [-0.15, -0.1) is 0 Å². The van der Waals surface area contributed by atoms with E-state index in [1.807, 2.05) is 6.92 Å². The van der Waals surface area contributed by atoms with E-state index in [1.54, 1.807) is 36.4 Å². The Labute approximate surface area is 208 Å². The lowest BCUT2D eigenvalue weighted by Gasteiger charge is -2.29. The summed E-state index contributed by atoms with van der Waals surface area (Å²) in [5, 5.41) is 0.423. The van der Waals surface area contributed by atoms with Gasteiger partial charge in [-0.3, -0.25) is 9.69 Å². The van der Waals surface area contributed by atoms with Gasteiger partial charge >= 0.3 is 5.97 Å². The minimum absolute atomic E-state index is 0.0667. The summed E-state index contributed by atoms with van der Waals surface area (Å²) in [6.45, 7) is 6.15. The third-order valence-corrected chi connectivity index (χ3v) is 6.04. The number of fused-ring (bicyclic) bond motifs is 3. The van der Waals surface area contributed by atoms with Gasteiger partial charge in [0.15, 0.2) is 0 Å². The van der Waals surface area contributed by atoms with Gasteiger partial charge in [0.1, 0.15) is 30.1 Å². The van der Waals surface area contributed by atoms with Gasteiger partial charge in [-0.05, 0) is 55.3 Å². The molecule has 0 saturated heterocycles. The van der Waals surface area contributed by atoms with E-state index in [-0.39, 0.29) is 11.2 Å². The molecular weight excluding hydrogens is 458 g/mol. The number of hydrogen-bond acceptors (Lipinski definition) is 7. The first-order valence-electron chi connectivity index (χ1n) is 11.9. The number of ether oxygens (including phenoxy) is 3. The lowest BCUT2D eigenvalue weighted by molar-refractivity contribution is 0.0505. The Morgan fingerprint density at radius 1 is 1.03 bits per heavy atom. The van der Waals surface area contributed by atoms with Gasteiger partial charge in [0.25, 0.3) is 0 Å². The van der Waals surface area contributed by atoms with Gasteiger partial charge in [0, 0.05) is 13.1 Å². The predicted molar refractivity (Wildman–Crippen MR) is 135 cm³/mol. The lowest BCUT2D eigenvalue weighted by atomic mass is 10.1. The van der Waals surface area contributed by atoms with Gasteiger partial charge in [-0.1, -0.05) is 36.8 Å². The van der Waals surface area contributed by atoms with E-state index in [1.165, 1.54) is 17.4 Å². The first-order valence-corrected chi connectivity index (χ1v) is 11.9.